The van der Waals surface area contributed by atoms with Gasteiger partial charge in [-0.2, -0.15) is 4.98 Å². The molecule has 1 saturated heterocycles. The fraction of sp³-hybridized carbons (Fsp3) is 0.467. The fourth-order valence-corrected chi connectivity index (χ4v) is 3.78. The first-order valence-electron chi connectivity index (χ1n) is 8.29. The highest BCUT2D eigenvalue weighted by atomic mass is 32.2. The Morgan fingerprint density at radius 3 is 2.76 bits per heavy atom. The van der Waals surface area contributed by atoms with E-state index in [2.05, 4.69) is 25.2 Å². The Labute approximate surface area is 148 Å². The van der Waals surface area contributed by atoms with Crippen LogP contribution in [-0.4, -0.2) is 55.2 Å². The fourth-order valence-electron chi connectivity index (χ4n) is 3.02. The highest BCUT2D eigenvalue weighted by Gasteiger charge is 2.22. The number of aromatic amines is 1. The minimum absolute atomic E-state index is 0.0882. The van der Waals surface area contributed by atoms with Gasteiger partial charge in [0.15, 0.2) is 21.5 Å². The summed E-state index contributed by atoms with van der Waals surface area (Å²) in [4.78, 5) is 31.7. The Balaban J connectivity index is 1.84. The smallest absolute Gasteiger partial charge is 0.280 e. The first-order valence-corrected chi connectivity index (χ1v) is 9.11. The van der Waals surface area contributed by atoms with Crippen molar-refractivity contribution < 1.29 is 0 Å². The van der Waals surface area contributed by atoms with Crippen LogP contribution >= 0.6 is 11.8 Å². The van der Waals surface area contributed by atoms with Crippen LogP contribution in [0.5, 0.6) is 0 Å². The Morgan fingerprint density at radius 1 is 1.28 bits per heavy atom. The second-order valence-electron chi connectivity index (χ2n) is 5.82. The molecule has 3 aromatic heterocycles. The monoisotopic (exact) mass is 360 g/mol. The maximum absolute atomic E-state index is 12.9. The lowest BCUT2D eigenvalue weighted by Crippen LogP contribution is -2.44. The number of imidazole rings is 2. The molecule has 3 aromatic rings. The van der Waals surface area contributed by atoms with E-state index in [1.807, 2.05) is 11.5 Å². The summed E-state index contributed by atoms with van der Waals surface area (Å²) in [6, 6.07) is 0. The highest BCUT2D eigenvalue weighted by molar-refractivity contribution is 7.99. The number of rotatable bonds is 4. The first kappa shape index (κ1) is 16.2. The van der Waals surface area contributed by atoms with Gasteiger partial charge in [-0.1, -0.05) is 0 Å². The number of nitrogens with zero attached hydrogens (tertiary/aromatic N) is 6. The van der Waals surface area contributed by atoms with Crippen molar-refractivity contribution >= 4 is 28.9 Å². The number of hydrogen-bond donors (Lipinski definition) is 2. The van der Waals surface area contributed by atoms with Crippen LogP contribution in [0.2, 0.25) is 0 Å². The zero-order valence-corrected chi connectivity index (χ0v) is 15.0. The number of fused-ring (bicyclic) bond motifs is 1. The largest absolute Gasteiger partial charge is 0.340 e. The average Bonchev–Trinajstić information content (AvgIpc) is 3.27. The van der Waals surface area contributed by atoms with Crippen LogP contribution in [0.4, 0.5) is 5.95 Å². The van der Waals surface area contributed by atoms with Gasteiger partial charge in [-0.05, 0) is 18.7 Å². The van der Waals surface area contributed by atoms with Crippen molar-refractivity contribution in [1.82, 2.24) is 34.4 Å². The SMILES string of the molecule is CCn1c(N2CCNCC2)nc2nc(Sc3ncc[nH]3)n(C)c(=O)c21. The lowest BCUT2D eigenvalue weighted by atomic mass is 10.4. The molecule has 25 heavy (non-hydrogen) atoms. The van der Waals surface area contributed by atoms with Gasteiger partial charge >= 0.3 is 0 Å². The molecular formula is C15H20N8OS. The average molecular weight is 360 g/mol. The minimum Gasteiger partial charge on any atom is -0.340 e. The predicted molar refractivity (Wildman–Crippen MR) is 96.2 cm³/mol. The van der Waals surface area contributed by atoms with E-state index in [0.717, 1.165) is 32.1 Å². The van der Waals surface area contributed by atoms with Crippen LogP contribution < -0.4 is 15.8 Å². The molecule has 1 aliphatic heterocycles. The summed E-state index contributed by atoms with van der Waals surface area (Å²) in [5, 5.41) is 4.60. The van der Waals surface area contributed by atoms with E-state index in [9.17, 15) is 4.79 Å². The Hall–Kier alpha value is -2.33. The third kappa shape index (κ3) is 2.81. The number of anilines is 1. The van der Waals surface area contributed by atoms with Crippen LogP contribution in [0, 0.1) is 0 Å². The topological polar surface area (TPSA) is 96.7 Å². The van der Waals surface area contributed by atoms with Crippen molar-refractivity contribution in [2.45, 2.75) is 23.8 Å². The summed E-state index contributed by atoms with van der Waals surface area (Å²) in [5.41, 5.74) is 0.963. The maximum Gasteiger partial charge on any atom is 0.280 e. The second kappa shape index (κ2) is 6.52. The van der Waals surface area contributed by atoms with Crippen molar-refractivity contribution in [3.8, 4) is 0 Å². The Morgan fingerprint density at radius 2 is 2.08 bits per heavy atom. The third-order valence-corrected chi connectivity index (χ3v) is 5.27. The van der Waals surface area contributed by atoms with Crippen LogP contribution in [0.3, 0.4) is 0 Å². The molecule has 4 rings (SSSR count). The molecule has 0 spiro atoms. The molecule has 1 fully saturated rings. The number of hydrogen-bond acceptors (Lipinski definition) is 7. The van der Waals surface area contributed by atoms with Gasteiger partial charge in [0, 0.05) is 52.2 Å². The quantitative estimate of drug-likeness (QED) is 0.652. The molecule has 0 aliphatic carbocycles. The van der Waals surface area contributed by atoms with E-state index >= 15 is 0 Å². The van der Waals surface area contributed by atoms with Gasteiger partial charge in [-0.25, -0.2) is 9.97 Å². The van der Waals surface area contributed by atoms with Crippen molar-refractivity contribution in [3.05, 3.63) is 22.7 Å². The van der Waals surface area contributed by atoms with Crippen LogP contribution in [0.15, 0.2) is 27.5 Å². The summed E-state index contributed by atoms with van der Waals surface area (Å²) in [7, 11) is 1.73. The van der Waals surface area contributed by atoms with Gasteiger partial charge in [0.05, 0.1) is 0 Å². The second-order valence-corrected chi connectivity index (χ2v) is 6.78. The van der Waals surface area contributed by atoms with Crippen molar-refractivity contribution in [1.29, 1.82) is 0 Å². The lowest BCUT2D eigenvalue weighted by Gasteiger charge is -2.28. The summed E-state index contributed by atoms with van der Waals surface area (Å²) >= 11 is 1.32. The zero-order valence-electron chi connectivity index (χ0n) is 14.2. The molecule has 0 unspecified atom stereocenters. The van der Waals surface area contributed by atoms with E-state index in [0.29, 0.717) is 28.0 Å². The number of nitrogens with one attached hydrogen (secondary N) is 2. The number of aryl methyl sites for hydroxylation is 1. The molecular weight excluding hydrogens is 340 g/mol. The molecule has 132 valence electrons. The standard InChI is InChI=1S/C15H20N8OS/c1-3-23-10-11(19-14(23)22-8-6-16-7-9-22)20-15(21(2)12(10)24)25-13-17-4-5-18-13/h4-5,16H,3,6-9H2,1-2H3,(H,17,18). The van der Waals surface area contributed by atoms with E-state index in [1.165, 1.54) is 11.8 Å². The summed E-state index contributed by atoms with van der Waals surface area (Å²) in [6.45, 7) is 6.28. The van der Waals surface area contributed by atoms with Gasteiger partial charge in [0.1, 0.15) is 0 Å². The molecule has 0 atom stereocenters. The van der Waals surface area contributed by atoms with Crippen molar-refractivity contribution in [2.75, 3.05) is 31.1 Å². The first-order chi connectivity index (χ1) is 12.2. The molecule has 4 heterocycles. The van der Waals surface area contributed by atoms with Gasteiger partial charge < -0.3 is 19.8 Å². The summed E-state index contributed by atoms with van der Waals surface area (Å²) in [6.07, 6.45) is 3.42. The number of H-pyrrole nitrogens is 1. The molecule has 0 saturated carbocycles. The van der Waals surface area contributed by atoms with E-state index in [-0.39, 0.29) is 5.56 Å². The van der Waals surface area contributed by atoms with E-state index < -0.39 is 0 Å². The number of piperazine rings is 1. The van der Waals surface area contributed by atoms with E-state index in [4.69, 9.17) is 4.98 Å². The molecule has 9 nitrogen and oxygen atoms in total. The van der Waals surface area contributed by atoms with Crippen molar-refractivity contribution in [2.24, 2.45) is 7.05 Å². The molecule has 0 bridgehead atoms. The number of aromatic nitrogens is 6. The normalized spacial score (nSPS) is 15.2. The van der Waals surface area contributed by atoms with Crippen LogP contribution in [-0.2, 0) is 13.6 Å². The zero-order chi connectivity index (χ0) is 17.4. The molecule has 1 aliphatic rings. The molecule has 0 aromatic carbocycles. The van der Waals surface area contributed by atoms with Gasteiger partial charge in [-0.15, -0.1) is 0 Å². The summed E-state index contributed by atoms with van der Waals surface area (Å²) < 4.78 is 3.53. The van der Waals surface area contributed by atoms with Gasteiger partial charge in [0.25, 0.3) is 5.56 Å². The molecule has 0 amide bonds. The van der Waals surface area contributed by atoms with Gasteiger partial charge in [0.2, 0.25) is 5.95 Å². The highest BCUT2D eigenvalue weighted by Crippen LogP contribution is 2.25. The Bertz CT molecular complexity index is 939. The van der Waals surface area contributed by atoms with Crippen LogP contribution in [0.25, 0.3) is 11.2 Å². The lowest BCUT2D eigenvalue weighted by molar-refractivity contribution is 0.569. The predicted octanol–water partition coefficient (Wildman–Crippen LogP) is 0.434. The molecule has 0 radical (unpaired) electrons. The van der Waals surface area contributed by atoms with E-state index in [1.54, 1.807) is 24.0 Å². The summed E-state index contributed by atoms with van der Waals surface area (Å²) in [5.74, 6) is 0.823. The third-order valence-electron chi connectivity index (χ3n) is 4.30. The van der Waals surface area contributed by atoms with Crippen molar-refractivity contribution in [3.63, 3.8) is 0 Å². The molecule has 10 heteroatoms. The maximum atomic E-state index is 12.9. The Kier molecular flexibility index (Phi) is 4.22. The van der Waals surface area contributed by atoms with Crippen LogP contribution in [0.1, 0.15) is 6.92 Å². The molecule has 2 N–H and O–H groups in total. The minimum atomic E-state index is -0.0882. The van der Waals surface area contributed by atoms with Gasteiger partial charge in [-0.3, -0.25) is 9.36 Å².